The molecule has 0 spiro atoms. The lowest BCUT2D eigenvalue weighted by Crippen LogP contribution is -2.45. The first-order valence-electron chi connectivity index (χ1n) is 6.73. The normalized spacial score (nSPS) is 42.8. The molecular weight excluding hydrogens is 200 g/mol. The van der Waals surface area contributed by atoms with Gasteiger partial charge in [-0.25, -0.2) is 0 Å². The number of ether oxygens (including phenoxy) is 1. The summed E-state index contributed by atoms with van der Waals surface area (Å²) in [6, 6.07) is 0. The molecule has 0 aliphatic heterocycles. The Labute approximate surface area is 98.7 Å². The summed E-state index contributed by atoms with van der Waals surface area (Å²) in [5.41, 5.74) is -0.129. The van der Waals surface area contributed by atoms with Crippen LogP contribution in [0.2, 0.25) is 0 Å². The summed E-state index contributed by atoms with van der Waals surface area (Å²) < 4.78 is 5.32. The fourth-order valence-corrected chi connectivity index (χ4v) is 4.24. The van der Waals surface area contributed by atoms with Crippen LogP contribution in [0.15, 0.2) is 0 Å². The van der Waals surface area contributed by atoms with Gasteiger partial charge in [0.2, 0.25) is 0 Å². The van der Waals surface area contributed by atoms with E-state index in [4.69, 9.17) is 4.74 Å². The average Bonchev–Trinajstić information content (AvgIpc) is 2.15. The predicted octanol–water partition coefficient (Wildman–Crippen LogP) is 3.40. The van der Waals surface area contributed by atoms with Crippen LogP contribution in [0.1, 0.15) is 52.9 Å². The van der Waals surface area contributed by atoms with E-state index < -0.39 is 0 Å². The average molecular weight is 224 g/mol. The maximum atomic E-state index is 12.2. The third kappa shape index (κ3) is 2.11. The van der Waals surface area contributed by atoms with Crippen molar-refractivity contribution in [3.05, 3.63) is 0 Å². The van der Waals surface area contributed by atoms with Crippen molar-refractivity contribution >= 4 is 5.97 Å². The van der Waals surface area contributed by atoms with Gasteiger partial charge in [-0.15, -0.1) is 0 Å². The van der Waals surface area contributed by atoms with E-state index in [1.807, 2.05) is 6.92 Å². The summed E-state index contributed by atoms with van der Waals surface area (Å²) in [6.45, 7) is 7.00. The molecule has 0 aromatic heterocycles. The highest BCUT2D eigenvalue weighted by Crippen LogP contribution is 2.53. The first kappa shape index (κ1) is 11.9. The zero-order valence-electron chi connectivity index (χ0n) is 10.8. The van der Waals surface area contributed by atoms with Gasteiger partial charge in [-0.2, -0.15) is 0 Å². The Kier molecular flexibility index (Phi) is 3.27. The molecule has 2 aliphatic rings. The maximum absolute atomic E-state index is 12.2. The third-order valence-corrected chi connectivity index (χ3v) is 4.34. The van der Waals surface area contributed by atoms with Gasteiger partial charge in [0.05, 0.1) is 12.0 Å². The van der Waals surface area contributed by atoms with Gasteiger partial charge in [0.1, 0.15) is 0 Å². The zero-order valence-corrected chi connectivity index (χ0v) is 10.8. The van der Waals surface area contributed by atoms with E-state index in [0.717, 1.165) is 25.2 Å². The predicted molar refractivity (Wildman–Crippen MR) is 64.0 cm³/mol. The Morgan fingerprint density at radius 1 is 1.19 bits per heavy atom. The quantitative estimate of drug-likeness (QED) is 0.672. The van der Waals surface area contributed by atoms with E-state index in [-0.39, 0.29) is 11.4 Å². The van der Waals surface area contributed by atoms with Gasteiger partial charge in [-0.1, -0.05) is 13.8 Å². The summed E-state index contributed by atoms with van der Waals surface area (Å²) in [5.74, 6) is 2.22. The summed E-state index contributed by atoms with van der Waals surface area (Å²) in [7, 11) is 0. The van der Waals surface area contributed by atoms with Gasteiger partial charge < -0.3 is 4.74 Å². The van der Waals surface area contributed by atoms with Crippen LogP contribution >= 0.6 is 0 Å². The molecule has 2 saturated carbocycles. The van der Waals surface area contributed by atoms with Crippen LogP contribution in [-0.4, -0.2) is 12.6 Å². The van der Waals surface area contributed by atoms with Gasteiger partial charge >= 0.3 is 5.97 Å². The lowest BCUT2D eigenvalue weighted by atomic mass is 9.57. The Balaban J connectivity index is 2.17. The SMILES string of the molecule is CCOC(=O)C12CC(C)CC(CC(C)C1)C2. The molecule has 92 valence electrons. The Morgan fingerprint density at radius 3 is 2.25 bits per heavy atom. The molecule has 0 amide bonds. The molecule has 16 heavy (non-hydrogen) atoms. The standard InChI is InChI=1S/C14H24O2/c1-4-16-13(15)14-7-10(2)5-12(9-14)6-11(3)8-14/h10-12H,4-9H2,1-3H3. The number of hydrogen-bond donors (Lipinski definition) is 0. The van der Waals surface area contributed by atoms with Crippen LogP contribution in [0.25, 0.3) is 0 Å². The molecular formula is C14H24O2. The minimum Gasteiger partial charge on any atom is -0.466 e. The van der Waals surface area contributed by atoms with Gasteiger partial charge in [-0.3, -0.25) is 4.79 Å². The molecule has 0 aromatic rings. The number of hydrogen-bond acceptors (Lipinski definition) is 2. The van der Waals surface area contributed by atoms with Crippen LogP contribution in [0.5, 0.6) is 0 Å². The highest BCUT2D eigenvalue weighted by Gasteiger charge is 2.49. The number of fused-ring (bicyclic) bond motifs is 2. The molecule has 2 nitrogen and oxygen atoms in total. The molecule has 0 N–H and O–H groups in total. The second-order valence-electron chi connectivity index (χ2n) is 6.16. The Morgan fingerprint density at radius 2 is 1.75 bits per heavy atom. The molecule has 0 saturated heterocycles. The minimum atomic E-state index is -0.129. The van der Waals surface area contributed by atoms with Crippen LogP contribution in [0.4, 0.5) is 0 Å². The minimum absolute atomic E-state index is 0.0816. The molecule has 2 rings (SSSR count). The monoisotopic (exact) mass is 224 g/mol. The second kappa shape index (κ2) is 4.38. The number of carbonyl (C=O) groups is 1. The maximum Gasteiger partial charge on any atom is 0.312 e. The van der Waals surface area contributed by atoms with Crippen molar-refractivity contribution in [2.24, 2.45) is 23.2 Å². The number of esters is 1. The van der Waals surface area contributed by atoms with E-state index in [9.17, 15) is 4.79 Å². The van der Waals surface area contributed by atoms with Crippen molar-refractivity contribution < 1.29 is 9.53 Å². The van der Waals surface area contributed by atoms with Gasteiger partial charge in [0, 0.05) is 0 Å². The molecule has 2 fully saturated rings. The van der Waals surface area contributed by atoms with E-state index in [1.165, 1.54) is 12.8 Å². The van der Waals surface area contributed by atoms with Crippen molar-refractivity contribution in [2.45, 2.75) is 52.9 Å². The van der Waals surface area contributed by atoms with Crippen LogP contribution < -0.4 is 0 Å². The summed E-state index contributed by atoms with van der Waals surface area (Å²) in [5, 5.41) is 0. The number of carbonyl (C=O) groups excluding carboxylic acids is 1. The smallest absolute Gasteiger partial charge is 0.312 e. The zero-order chi connectivity index (χ0) is 11.8. The molecule has 2 heteroatoms. The fourth-order valence-electron chi connectivity index (χ4n) is 4.24. The van der Waals surface area contributed by atoms with Gasteiger partial charge in [0.25, 0.3) is 0 Å². The molecule has 0 heterocycles. The van der Waals surface area contributed by atoms with Crippen molar-refractivity contribution in [3.8, 4) is 0 Å². The number of rotatable bonds is 2. The highest BCUT2D eigenvalue weighted by atomic mass is 16.5. The molecule has 2 atom stereocenters. The highest BCUT2D eigenvalue weighted by molar-refractivity contribution is 5.77. The molecule has 2 bridgehead atoms. The van der Waals surface area contributed by atoms with Crippen LogP contribution in [-0.2, 0) is 9.53 Å². The largest absolute Gasteiger partial charge is 0.466 e. The first-order valence-corrected chi connectivity index (χ1v) is 6.73. The molecule has 0 radical (unpaired) electrons. The van der Waals surface area contributed by atoms with E-state index in [2.05, 4.69) is 13.8 Å². The third-order valence-electron chi connectivity index (χ3n) is 4.34. The lowest BCUT2D eigenvalue weighted by molar-refractivity contribution is -0.164. The Hall–Kier alpha value is -0.530. The summed E-state index contributed by atoms with van der Waals surface area (Å²) in [6.07, 6.45) is 5.80. The van der Waals surface area contributed by atoms with E-state index in [1.54, 1.807) is 0 Å². The second-order valence-corrected chi connectivity index (χ2v) is 6.16. The van der Waals surface area contributed by atoms with E-state index >= 15 is 0 Å². The molecule has 0 aromatic carbocycles. The van der Waals surface area contributed by atoms with Crippen molar-refractivity contribution in [1.29, 1.82) is 0 Å². The van der Waals surface area contributed by atoms with E-state index in [0.29, 0.717) is 18.4 Å². The van der Waals surface area contributed by atoms with Crippen LogP contribution in [0, 0.1) is 23.2 Å². The first-order chi connectivity index (χ1) is 7.55. The fraction of sp³-hybridized carbons (Fsp3) is 0.929. The summed E-state index contributed by atoms with van der Waals surface area (Å²) >= 11 is 0. The van der Waals surface area contributed by atoms with Crippen LogP contribution in [0.3, 0.4) is 0 Å². The molecule has 2 aliphatic carbocycles. The Bertz CT molecular complexity index is 252. The topological polar surface area (TPSA) is 26.3 Å². The van der Waals surface area contributed by atoms with Gasteiger partial charge in [0.15, 0.2) is 0 Å². The van der Waals surface area contributed by atoms with Gasteiger partial charge in [-0.05, 0) is 56.8 Å². The summed E-state index contributed by atoms with van der Waals surface area (Å²) in [4.78, 5) is 12.2. The van der Waals surface area contributed by atoms with Crippen molar-refractivity contribution in [3.63, 3.8) is 0 Å². The lowest BCUT2D eigenvalue weighted by Gasteiger charge is -2.48. The molecule has 2 unspecified atom stereocenters. The van der Waals surface area contributed by atoms with Crippen molar-refractivity contribution in [2.75, 3.05) is 6.61 Å². The van der Waals surface area contributed by atoms with Crippen molar-refractivity contribution in [1.82, 2.24) is 0 Å².